The Labute approximate surface area is 210 Å². The fraction of sp³-hybridized carbons (Fsp3) is 0.346. The molecular formula is C26H30N4O2S2. The van der Waals surface area contributed by atoms with Crippen molar-refractivity contribution >= 4 is 34.7 Å². The third-order valence-corrected chi connectivity index (χ3v) is 6.75. The second-order valence-electron chi connectivity index (χ2n) is 8.54. The van der Waals surface area contributed by atoms with Crippen LogP contribution in [0.5, 0.6) is 5.75 Å². The van der Waals surface area contributed by atoms with E-state index in [2.05, 4.69) is 66.7 Å². The quantitative estimate of drug-likeness (QED) is 0.294. The smallest absolute Gasteiger partial charge is 0.258 e. The van der Waals surface area contributed by atoms with Gasteiger partial charge in [-0.1, -0.05) is 31.1 Å². The van der Waals surface area contributed by atoms with Crippen LogP contribution < -0.4 is 10.1 Å². The summed E-state index contributed by atoms with van der Waals surface area (Å²) in [6.45, 7) is 9.83. The summed E-state index contributed by atoms with van der Waals surface area (Å²) in [7, 11) is 0. The highest BCUT2D eigenvalue weighted by molar-refractivity contribution is 7.98. The van der Waals surface area contributed by atoms with E-state index in [-0.39, 0.29) is 6.04 Å². The number of hydrogen-bond donors (Lipinski definition) is 1. The molecule has 1 aliphatic heterocycles. The van der Waals surface area contributed by atoms with Crippen LogP contribution in [0.25, 0.3) is 17.0 Å². The lowest BCUT2D eigenvalue weighted by Crippen LogP contribution is -2.47. The van der Waals surface area contributed by atoms with Gasteiger partial charge in [0.05, 0.1) is 18.2 Å². The first-order chi connectivity index (χ1) is 16.4. The third kappa shape index (κ3) is 5.13. The Morgan fingerprint density at radius 2 is 1.85 bits per heavy atom. The van der Waals surface area contributed by atoms with Crippen molar-refractivity contribution in [3.05, 3.63) is 65.7 Å². The summed E-state index contributed by atoms with van der Waals surface area (Å²) < 4.78 is 11.4. The van der Waals surface area contributed by atoms with Crippen LogP contribution in [0.1, 0.15) is 45.2 Å². The molecule has 0 radical (unpaired) electrons. The molecule has 6 nitrogen and oxygen atoms in total. The standard InChI is InChI=1S/C26H30N4O2S2/c1-6-31-20-11-7-19(8-12-20)24-28-25(32-29-24)22-17(4)30(15-16(2)3)26(33)27-23(22)18-9-13-21(34-5)14-10-18/h7-14,16,23H,6,15H2,1-5H3,(H,27,33). The van der Waals surface area contributed by atoms with Gasteiger partial charge in [0.1, 0.15) is 5.75 Å². The van der Waals surface area contributed by atoms with Crippen LogP contribution in [-0.4, -0.2) is 39.6 Å². The monoisotopic (exact) mass is 494 g/mol. The molecule has 1 atom stereocenters. The highest BCUT2D eigenvalue weighted by atomic mass is 32.2. The highest BCUT2D eigenvalue weighted by Gasteiger charge is 2.34. The maximum atomic E-state index is 5.83. The lowest BCUT2D eigenvalue weighted by molar-refractivity contribution is 0.340. The van der Waals surface area contributed by atoms with E-state index in [1.54, 1.807) is 11.8 Å². The summed E-state index contributed by atoms with van der Waals surface area (Å²) in [6.07, 6.45) is 2.07. The summed E-state index contributed by atoms with van der Waals surface area (Å²) in [5, 5.41) is 8.52. The molecule has 1 N–H and O–H groups in total. The Morgan fingerprint density at radius 3 is 2.47 bits per heavy atom. The molecule has 0 aliphatic carbocycles. The Morgan fingerprint density at radius 1 is 1.15 bits per heavy atom. The molecule has 2 aromatic carbocycles. The van der Waals surface area contributed by atoms with E-state index in [1.807, 2.05) is 31.2 Å². The molecule has 4 rings (SSSR count). The number of thioether (sulfide) groups is 1. The molecule has 1 aromatic heterocycles. The Balaban J connectivity index is 1.75. The molecule has 0 saturated carbocycles. The second-order valence-corrected chi connectivity index (χ2v) is 9.81. The van der Waals surface area contributed by atoms with Crippen LogP contribution in [-0.2, 0) is 0 Å². The Kier molecular flexibility index (Phi) is 7.58. The number of aromatic nitrogens is 2. The summed E-state index contributed by atoms with van der Waals surface area (Å²) >= 11 is 7.48. The molecule has 0 bridgehead atoms. The van der Waals surface area contributed by atoms with Crippen molar-refractivity contribution in [2.75, 3.05) is 19.4 Å². The van der Waals surface area contributed by atoms with Gasteiger partial charge in [0, 0.05) is 22.7 Å². The van der Waals surface area contributed by atoms with Gasteiger partial charge in [0.15, 0.2) is 5.11 Å². The Hall–Kier alpha value is -2.84. The predicted octanol–water partition coefficient (Wildman–Crippen LogP) is 6.18. The molecule has 34 heavy (non-hydrogen) atoms. The largest absolute Gasteiger partial charge is 0.494 e. The van der Waals surface area contributed by atoms with Gasteiger partial charge in [-0.3, -0.25) is 0 Å². The maximum Gasteiger partial charge on any atom is 0.258 e. The van der Waals surface area contributed by atoms with Crippen molar-refractivity contribution in [2.45, 2.75) is 38.6 Å². The van der Waals surface area contributed by atoms with Crippen LogP contribution in [0.4, 0.5) is 0 Å². The van der Waals surface area contributed by atoms with Crippen molar-refractivity contribution in [1.82, 2.24) is 20.4 Å². The number of nitrogens with zero attached hydrogens (tertiary/aromatic N) is 3. The number of nitrogens with one attached hydrogen (secondary N) is 1. The van der Waals surface area contributed by atoms with E-state index in [4.69, 9.17) is 26.5 Å². The van der Waals surface area contributed by atoms with Gasteiger partial charge >= 0.3 is 0 Å². The number of thiocarbonyl (C=S) groups is 1. The van der Waals surface area contributed by atoms with E-state index >= 15 is 0 Å². The van der Waals surface area contributed by atoms with Crippen LogP contribution in [0.2, 0.25) is 0 Å². The van der Waals surface area contributed by atoms with E-state index in [0.29, 0.717) is 29.4 Å². The van der Waals surface area contributed by atoms with Gasteiger partial charge in [-0.05, 0) is 80.2 Å². The fourth-order valence-corrected chi connectivity index (χ4v) is 4.74. The topological polar surface area (TPSA) is 63.4 Å². The van der Waals surface area contributed by atoms with Crippen LogP contribution in [0, 0.1) is 5.92 Å². The number of benzene rings is 2. The molecule has 2 heterocycles. The first-order valence-electron chi connectivity index (χ1n) is 11.4. The van der Waals surface area contributed by atoms with Crippen molar-refractivity contribution in [2.24, 2.45) is 5.92 Å². The first kappa shape index (κ1) is 24.3. The second kappa shape index (κ2) is 10.6. The summed E-state index contributed by atoms with van der Waals surface area (Å²) in [4.78, 5) is 8.13. The molecule has 1 unspecified atom stereocenters. The summed E-state index contributed by atoms with van der Waals surface area (Å²) in [5.74, 6) is 2.29. The van der Waals surface area contributed by atoms with Gasteiger partial charge in [-0.25, -0.2) is 0 Å². The van der Waals surface area contributed by atoms with E-state index < -0.39 is 0 Å². The molecule has 0 saturated heterocycles. The molecule has 3 aromatic rings. The zero-order chi connectivity index (χ0) is 24.2. The molecule has 0 fully saturated rings. The average Bonchev–Trinajstić information content (AvgIpc) is 3.32. The summed E-state index contributed by atoms with van der Waals surface area (Å²) in [5.41, 5.74) is 3.93. The zero-order valence-corrected chi connectivity index (χ0v) is 21.8. The van der Waals surface area contributed by atoms with Crippen molar-refractivity contribution in [1.29, 1.82) is 0 Å². The molecule has 0 spiro atoms. The average molecular weight is 495 g/mol. The van der Waals surface area contributed by atoms with Crippen LogP contribution >= 0.6 is 24.0 Å². The number of rotatable bonds is 8. The molecule has 178 valence electrons. The van der Waals surface area contributed by atoms with Gasteiger partial charge in [-0.2, -0.15) is 4.98 Å². The predicted molar refractivity (Wildman–Crippen MR) is 142 cm³/mol. The lowest BCUT2D eigenvalue weighted by atomic mass is 9.94. The highest BCUT2D eigenvalue weighted by Crippen LogP contribution is 2.38. The van der Waals surface area contributed by atoms with Crippen molar-refractivity contribution < 1.29 is 9.26 Å². The Bertz CT molecular complexity index is 1170. The third-order valence-electron chi connectivity index (χ3n) is 5.67. The molecule has 8 heteroatoms. The molecule has 1 aliphatic rings. The van der Waals surface area contributed by atoms with Gasteiger partial charge < -0.3 is 19.5 Å². The van der Waals surface area contributed by atoms with Crippen LogP contribution in [0.3, 0.4) is 0 Å². The number of hydrogen-bond acceptors (Lipinski definition) is 6. The minimum atomic E-state index is -0.180. The van der Waals surface area contributed by atoms with E-state index in [9.17, 15) is 0 Å². The van der Waals surface area contributed by atoms with E-state index in [0.717, 1.165) is 34.7 Å². The zero-order valence-electron chi connectivity index (χ0n) is 20.2. The normalized spacial score (nSPS) is 16.2. The van der Waals surface area contributed by atoms with Crippen molar-refractivity contribution in [3.8, 4) is 17.1 Å². The van der Waals surface area contributed by atoms with Crippen LogP contribution in [0.15, 0.2) is 63.6 Å². The molecular weight excluding hydrogens is 464 g/mol. The van der Waals surface area contributed by atoms with Crippen molar-refractivity contribution in [3.63, 3.8) is 0 Å². The van der Waals surface area contributed by atoms with Gasteiger partial charge in [0.2, 0.25) is 5.82 Å². The molecule has 0 amide bonds. The van der Waals surface area contributed by atoms with E-state index in [1.165, 1.54) is 4.90 Å². The number of allylic oxidation sites excluding steroid dienone is 1. The maximum absolute atomic E-state index is 5.83. The first-order valence-corrected chi connectivity index (χ1v) is 13.0. The number of ether oxygens (including phenoxy) is 1. The van der Waals surface area contributed by atoms with Gasteiger partial charge in [0.25, 0.3) is 5.89 Å². The lowest BCUT2D eigenvalue weighted by Gasteiger charge is -2.38. The minimum absolute atomic E-state index is 0.180. The summed E-state index contributed by atoms with van der Waals surface area (Å²) in [6, 6.07) is 16.0. The SMILES string of the molecule is CCOc1ccc(-c2noc(C3=C(C)N(CC(C)C)C(=S)NC3c3ccc(SC)cc3)n2)cc1. The van der Waals surface area contributed by atoms with Gasteiger partial charge in [-0.15, -0.1) is 11.8 Å². The fourth-order valence-electron chi connectivity index (χ4n) is 4.01. The minimum Gasteiger partial charge on any atom is -0.494 e.